The minimum atomic E-state index is -4.32. The van der Waals surface area contributed by atoms with Crippen molar-refractivity contribution in [1.82, 2.24) is 14.9 Å². The second-order valence-corrected chi connectivity index (χ2v) is 5.73. The van der Waals surface area contributed by atoms with Gasteiger partial charge in [-0.3, -0.25) is 9.69 Å². The summed E-state index contributed by atoms with van der Waals surface area (Å²) in [5, 5.41) is 0. The van der Waals surface area contributed by atoms with Gasteiger partial charge >= 0.3 is 6.18 Å². The summed E-state index contributed by atoms with van der Waals surface area (Å²) in [4.78, 5) is 21.1. The number of alkyl halides is 3. The number of halogens is 3. The zero-order valence-corrected chi connectivity index (χ0v) is 12.6. The number of nitrogens with zero attached hydrogens (tertiary/aromatic N) is 2. The Morgan fingerprint density at radius 3 is 2.61 bits per heavy atom. The average Bonchev–Trinajstić information content (AvgIpc) is 2.47. The summed E-state index contributed by atoms with van der Waals surface area (Å²) >= 11 is 0. The second kappa shape index (κ2) is 5.81. The number of aromatic nitrogens is 2. The third-order valence-corrected chi connectivity index (χ3v) is 3.95. The molecule has 3 rings (SSSR count). The van der Waals surface area contributed by atoms with Crippen molar-refractivity contribution in [3.63, 3.8) is 0 Å². The lowest BCUT2D eigenvalue weighted by Gasteiger charge is -2.27. The van der Waals surface area contributed by atoms with Gasteiger partial charge in [0.2, 0.25) is 0 Å². The van der Waals surface area contributed by atoms with Crippen LogP contribution >= 0.6 is 0 Å². The summed E-state index contributed by atoms with van der Waals surface area (Å²) in [7, 11) is 0. The Balaban J connectivity index is 1.74. The molecule has 0 bridgehead atoms. The fourth-order valence-electron chi connectivity index (χ4n) is 2.80. The number of hydrogen-bond acceptors (Lipinski definition) is 3. The first-order valence-corrected chi connectivity index (χ1v) is 7.30. The van der Waals surface area contributed by atoms with E-state index < -0.39 is 11.7 Å². The quantitative estimate of drug-likeness (QED) is 0.924. The fraction of sp³-hybridized carbons (Fsp3) is 0.375. The van der Waals surface area contributed by atoms with Gasteiger partial charge in [0.15, 0.2) is 0 Å². The summed E-state index contributed by atoms with van der Waals surface area (Å²) < 4.78 is 37.7. The maximum Gasteiger partial charge on any atom is 0.416 e. The van der Waals surface area contributed by atoms with Gasteiger partial charge in [0, 0.05) is 26.1 Å². The molecule has 122 valence electrons. The van der Waals surface area contributed by atoms with Crippen molar-refractivity contribution >= 4 is 0 Å². The van der Waals surface area contributed by atoms with Gasteiger partial charge in [-0.2, -0.15) is 13.2 Å². The van der Waals surface area contributed by atoms with E-state index in [-0.39, 0.29) is 5.56 Å². The molecule has 0 atom stereocenters. The first-order chi connectivity index (χ1) is 10.8. The van der Waals surface area contributed by atoms with Gasteiger partial charge in [-0.25, -0.2) is 4.98 Å². The van der Waals surface area contributed by atoms with Crippen LogP contribution in [0.25, 0.3) is 0 Å². The van der Waals surface area contributed by atoms with E-state index >= 15 is 0 Å². The largest absolute Gasteiger partial charge is 0.416 e. The molecule has 1 N–H and O–H groups in total. The summed E-state index contributed by atoms with van der Waals surface area (Å²) in [6.45, 7) is 3.43. The third-order valence-electron chi connectivity index (χ3n) is 3.95. The van der Waals surface area contributed by atoms with Crippen LogP contribution in [0.4, 0.5) is 13.2 Å². The fourth-order valence-corrected chi connectivity index (χ4v) is 2.80. The van der Waals surface area contributed by atoms with Crippen LogP contribution < -0.4 is 5.56 Å². The number of H-pyrrole nitrogens is 1. The summed E-state index contributed by atoms with van der Waals surface area (Å²) in [5.74, 6) is 0.602. The van der Waals surface area contributed by atoms with Crippen molar-refractivity contribution in [3.05, 3.63) is 62.8 Å². The van der Waals surface area contributed by atoms with E-state index in [4.69, 9.17) is 0 Å². The third kappa shape index (κ3) is 3.44. The number of benzene rings is 1. The zero-order chi connectivity index (χ0) is 16.6. The first-order valence-electron chi connectivity index (χ1n) is 7.30. The van der Waals surface area contributed by atoms with Crippen LogP contribution in [-0.4, -0.2) is 21.4 Å². The van der Waals surface area contributed by atoms with Crippen LogP contribution in [0.3, 0.4) is 0 Å². The van der Waals surface area contributed by atoms with Crippen molar-refractivity contribution in [2.75, 3.05) is 6.54 Å². The van der Waals surface area contributed by atoms with Gasteiger partial charge in [0.1, 0.15) is 5.82 Å². The molecule has 0 amide bonds. The van der Waals surface area contributed by atoms with Crippen LogP contribution in [0, 0.1) is 6.92 Å². The van der Waals surface area contributed by atoms with Crippen LogP contribution in [-0.2, 0) is 25.7 Å². The second-order valence-electron chi connectivity index (χ2n) is 5.73. The van der Waals surface area contributed by atoms with Crippen molar-refractivity contribution in [3.8, 4) is 0 Å². The maximum atomic E-state index is 12.6. The number of hydrogen-bond donors (Lipinski definition) is 1. The highest BCUT2D eigenvalue weighted by Gasteiger charge is 2.30. The van der Waals surface area contributed by atoms with Crippen LogP contribution in [0.5, 0.6) is 0 Å². The highest BCUT2D eigenvalue weighted by atomic mass is 19.4. The predicted octanol–water partition coefficient (Wildman–Crippen LogP) is 2.66. The standard InChI is InChI=1S/C16H16F3N3O/c1-10-20-14-6-7-22(9-13(14)15(23)21-10)8-11-2-4-12(5-3-11)16(17,18)19/h2-5H,6-9H2,1H3,(H,20,21,23). The van der Waals surface area contributed by atoms with Crippen LogP contribution in [0.2, 0.25) is 0 Å². The molecule has 2 aromatic rings. The molecule has 0 radical (unpaired) electrons. The molecule has 1 aliphatic rings. The smallest absolute Gasteiger partial charge is 0.310 e. The molecule has 4 nitrogen and oxygen atoms in total. The molecule has 0 saturated heterocycles. The van der Waals surface area contributed by atoms with E-state index in [9.17, 15) is 18.0 Å². The number of rotatable bonds is 2. The number of aryl methyl sites for hydroxylation is 1. The lowest BCUT2D eigenvalue weighted by Crippen LogP contribution is -2.35. The lowest BCUT2D eigenvalue weighted by atomic mass is 10.1. The van der Waals surface area contributed by atoms with Gasteiger partial charge < -0.3 is 4.98 Å². The minimum absolute atomic E-state index is 0.135. The monoisotopic (exact) mass is 323 g/mol. The molecule has 1 aromatic heterocycles. The van der Waals surface area contributed by atoms with E-state index in [1.807, 2.05) is 4.90 Å². The molecule has 1 aromatic carbocycles. The highest BCUT2D eigenvalue weighted by Crippen LogP contribution is 2.29. The molecule has 1 aliphatic heterocycles. The van der Waals surface area contributed by atoms with Crippen LogP contribution in [0.15, 0.2) is 29.1 Å². The average molecular weight is 323 g/mol. The lowest BCUT2D eigenvalue weighted by molar-refractivity contribution is -0.137. The van der Waals surface area contributed by atoms with Crippen molar-refractivity contribution in [1.29, 1.82) is 0 Å². The number of aromatic amines is 1. The van der Waals surface area contributed by atoms with E-state index in [1.54, 1.807) is 6.92 Å². The topological polar surface area (TPSA) is 49.0 Å². The van der Waals surface area contributed by atoms with E-state index in [1.165, 1.54) is 12.1 Å². The van der Waals surface area contributed by atoms with Crippen LogP contribution in [0.1, 0.15) is 28.2 Å². The Morgan fingerprint density at radius 1 is 1.26 bits per heavy atom. The van der Waals surface area contributed by atoms with Gasteiger partial charge in [0.25, 0.3) is 5.56 Å². The summed E-state index contributed by atoms with van der Waals surface area (Å²) in [5.41, 5.74) is 1.47. The molecule has 23 heavy (non-hydrogen) atoms. The SMILES string of the molecule is Cc1nc2c(c(=O)[nH]1)CN(Cc1ccc(C(F)(F)F)cc1)CC2. The normalized spacial score (nSPS) is 15.5. The Morgan fingerprint density at radius 2 is 1.96 bits per heavy atom. The molecule has 0 unspecified atom stereocenters. The Bertz CT molecular complexity index is 766. The Kier molecular flexibility index (Phi) is 3.97. The molecule has 7 heteroatoms. The van der Waals surface area contributed by atoms with E-state index in [2.05, 4.69) is 9.97 Å². The van der Waals surface area contributed by atoms with Gasteiger partial charge in [-0.05, 0) is 24.6 Å². The van der Waals surface area contributed by atoms with E-state index in [0.717, 1.165) is 29.9 Å². The first kappa shape index (κ1) is 15.7. The van der Waals surface area contributed by atoms with Gasteiger partial charge in [-0.15, -0.1) is 0 Å². The number of fused-ring (bicyclic) bond motifs is 1. The maximum absolute atomic E-state index is 12.6. The van der Waals surface area contributed by atoms with Crippen molar-refractivity contribution < 1.29 is 13.2 Å². The van der Waals surface area contributed by atoms with Gasteiger partial charge in [0.05, 0.1) is 16.8 Å². The Hall–Kier alpha value is -2.15. The highest BCUT2D eigenvalue weighted by molar-refractivity contribution is 5.25. The predicted molar refractivity (Wildman–Crippen MR) is 78.9 cm³/mol. The minimum Gasteiger partial charge on any atom is -0.310 e. The molecular weight excluding hydrogens is 307 g/mol. The molecule has 0 spiro atoms. The zero-order valence-electron chi connectivity index (χ0n) is 12.6. The van der Waals surface area contributed by atoms with E-state index in [0.29, 0.717) is 30.9 Å². The molecule has 0 saturated carbocycles. The molecule has 0 aliphatic carbocycles. The Labute approximate surface area is 131 Å². The summed E-state index contributed by atoms with van der Waals surface area (Å²) in [6, 6.07) is 5.14. The number of nitrogens with one attached hydrogen (secondary N) is 1. The summed E-state index contributed by atoms with van der Waals surface area (Å²) in [6.07, 6.45) is -3.65. The van der Waals surface area contributed by atoms with Crippen molar-refractivity contribution in [2.45, 2.75) is 32.6 Å². The molecule has 0 fully saturated rings. The van der Waals surface area contributed by atoms with Crippen molar-refractivity contribution in [2.24, 2.45) is 0 Å². The molecular formula is C16H16F3N3O. The molecule has 2 heterocycles. The van der Waals surface area contributed by atoms with Gasteiger partial charge in [-0.1, -0.05) is 12.1 Å².